The summed E-state index contributed by atoms with van der Waals surface area (Å²) in [6.45, 7) is 0. The Balaban J connectivity index is 2.84. The zero-order valence-electron chi connectivity index (χ0n) is 6.30. The van der Waals surface area contributed by atoms with E-state index in [0.717, 1.165) is 0 Å². The Morgan fingerprint density at radius 2 is 2.42 bits per heavy atom. The van der Waals surface area contributed by atoms with E-state index in [1.54, 1.807) is 7.05 Å². The van der Waals surface area contributed by atoms with Crippen LogP contribution in [0.5, 0.6) is 0 Å². The zero-order chi connectivity index (χ0) is 8.55. The first-order valence-corrected chi connectivity index (χ1v) is 3.35. The van der Waals surface area contributed by atoms with Crippen LogP contribution < -0.4 is 10.9 Å². The molecule has 2 rings (SSSR count). The molecule has 0 unspecified atom stereocenters. The number of aromatic nitrogens is 4. The molecule has 12 heavy (non-hydrogen) atoms. The fourth-order valence-electron chi connectivity index (χ4n) is 0.910. The predicted molar refractivity (Wildman–Crippen MR) is 42.9 cm³/mol. The van der Waals surface area contributed by atoms with Crippen LogP contribution >= 0.6 is 0 Å². The lowest BCUT2D eigenvalue weighted by atomic mass is 10.5. The van der Waals surface area contributed by atoms with Crippen molar-refractivity contribution >= 4 is 17.1 Å². The van der Waals surface area contributed by atoms with Gasteiger partial charge in [-0.15, -0.1) is 0 Å². The van der Waals surface area contributed by atoms with Gasteiger partial charge in [0.15, 0.2) is 17.5 Å². The molecular formula is C6H6N5O. The first-order chi connectivity index (χ1) is 5.81. The van der Waals surface area contributed by atoms with Gasteiger partial charge in [-0.1, -0.05) is 0 Å². The molecule has 0 atom stereocenters. The lowest BCUT2D eigenvalue weighted by Gasteiger charge is -1.95. The SMILES string of the molecule is CNc1nc2n[c][nH]c2c(=O)[nH]1. The summed E-state index contributed by atoms with van der Waals surface area (Å²) in [4.78, 5) is 24.0. The van der Waals surface area contributed by atoms with Crippen LogP contribution in [0, 0.1) is 6.33 Å². The molecule has 6 nitrogen and oxygen atoms in total. The molecule has 0 aliphatic rings. The standard InChI is InChI=1S/C6H6N5O/c1-7-6-10-4-3(5(12)11-6)8-2-9-4/h1H3,(H3,7,8,9,10,11,12). The third-order valence-electron chi connectivity index (χ3n) is 1.48. The van der Waals surface area contributed by atoms with Crippen molar-refractivity contribution in [2.45, 2.75) is 0 Å². The van der Waals surface area contributed by atoms with Crippen LogP contribution in [0.25, 0.3) is 11.2 Å². The van der Waals surface area contributed by atoms with Crippen molar-refractivity contribution in [3.8, 4) is 0 Å². The summed E-state index contributed by atoms with van der Waals surface area (Å²) in [5.41, 5.74) is 0.454. The number of H-pyrrole nitrogens is 2. The molecule has 6 heteroatoms. The molecule has 0 saturated heterocycles. The van der Waals surface area contributed by atoms with Crippen LogP contribution in [0.1, 0.15) is 0 Å². The van der Waals surface area contributed by atoms with E-state index in [4.69, 9.17) is 0 Å². The van der Waals surface area contributed by atoms with Gasteiger partial charge in [-0.05, 0) is 0 Å². The first-order valence-electron chi connectivity index (χ1n) is 3.35. The van der Waals surface area contributed by atoms with E-state index in [0.29, 0.717) is 17.1 Å². The van der Waals surface area contributed by atoms with Crippen molar-refractivity contribution < 1.29 is 0 Å². The number of hydrogen-bond donors (Lipinski definition) is 3. The van der Waals surface area contributed by atoms with Crippen molar-refractivity contribution in [3.05, 3.63) is 16.7 Å². The minimum absolute atomic E-state index is 0.252. The molecule has 0 aromatic carbocycles. The van der Waals surface area contributed by atoms with E-state index in [9.17, 15) is 4.79 Å². The van der Waals surface area contributed by atoms with Crippen LogP contribution in [0.4, 0.5) is 5.95 Å². The van der Waals surface area contributed by atoms with Crippen molar-refractivity contribution in [2.75, 3.05) is 12.4 Å². The normalized spacial score (nSPS) is 10.4. The number of fused-ring (bicyclic) bond motifs is 1. The Morgan fingerprint density at radius 1 is 1.58 bits per heavy atom. The lowest BCUT2D eigenvalue weighted by molar-refractivity contribution is 1.14. The summed E-state index contributed by atoms with van der Waals surface area (Å²) in [7, 11) is 1.67. The molecule has 0 spiro atoms. The minimum atomic E-state index is -0.252. The molecule has 2 aromatic rings. The number of nitrogens with one attached hydrogen (secondary N) is 3. The van der Waals surface area contributed by atoms with Crippen LogP contribution in [0.15, 0.2) is 4.79 Å². The Kier molecular flexibility index (Phi) is 1.33. The second-order valence-corrected chi connectivity index (χ2v) is 2.21. The van der Waals surface area contributed by atoms with Crippen molar-refractivity contribution in [1.82, 2.24) is 19.9 Å². The van der Waals surface area contributed by atoms with Gasteiger partial charge in [0.25, 0.3) is 5.56 Å². The molecule has 2 heterocycles. The molecule has 0 amide bonds. The molecule has 61 valence electrons. The quantitative estimate of drug-likeness (QED) is 0.529. The number of imidazole rings is 1. The van der Waals surface area contributed by atoms with Gasteiger partial charge in [0.05, 0.1) is 0 Å². The van der Waals surface area contributed by atoms with Gasteiger partial charge < -0.3 is 10.3 Å². The third-order valence-corrected chi connectivity index (χ3v) is 1.48. The van der Waals surface area contributed by atoms with Gasteiger partial charge >= 0.3 is 0 Å². The van der Waals surface area contributed by atoms with E-state index >= 15 is 0 Å². The maximum atomic E-state index is 11.2. The number of anilines is 1. The van der Waals surface area contributed by atoms with E-state index in [1.165, 1.54) is 0 Å². The van der Waals surface area contributed by atoms with E-state index in [1.807, 2.05) is 0 Å². The Morgan fingerprint density at radius 3 is 3.17 bits per heavy atom. The fourth-order valence-corrected chi connectivity index (χ4v) is 0.910. The minimum Gasteiger partial charge on any atom is -0.359 e. The third kappa shape index (κ3) is 0.849. The van der Waals surface area contributed by atoms with E-state index < -0.39 is 0 Å². The highest BCUT2D eigenvalue weighted by molar-refractivity contribution is 5.69. The highest BCUT2D eigenvalue weighted by Gasteiger charge is 2.03. The number of hydrogen-bond acceptors (Lipinski definition) is 4. The van der Waals surface area contributed by atoms with Crippen LogP contribution in [-0.4, -0.2) is 27.0 Å². The highest BCUT2D eigenvalue weighted by Crippen LogP contribution is 2.00. The first kappa shape index (κ1) is 6.84. The summed E-state index contributed by atoms with van der Waals surface area (Å²) in [6, 6.07) is 0. The second-order valence-electron chi connectivity index (χ2n) is 2.21. The largest absolute Gasteiger partial charge is 0.359 e. The van der Waals surface area contributed by atoms with Crippen molar-refractivity contribution in [3.63, 3.8) is 0 Å². The molecule has 0 aliphatic heterocycles. The van der Waals surface area contributed by atoms with Gasteiger partial charge in [-0.2, -0.15) is 4.98 Å². The van der Waals surface area contributed by atoms with E-state index in [-0.39, 0.29) is 5.56 Å². The fraction of sp³-hybridized carbons (Fsp3) is 0.167. The summed E-state index contributed by atoms with van der Waals surface area (Å²) < 4.78 is 0. The average molecular weight is 164 g/mol. The van der Waals surface area contributed by atoms with Crippen molar-refractivity contribution in [1.29, 1.82) is 0 Å². The molecule has 3 N–H and O–H groups in total. The highest BCUT2D eigenvalue weighted by atomic mass is 16.1. The summed E-state index contributed by atoms with van der Waals surface area (Å²) >= 11 is 0. The van der Waals surface area contributed by atoms with Gasteiger partial charge in [0.2, 0.25) is 5.95 Å². The van der Waals surface area contributed by atoms with Crippen LogP contribution in [0.2, 0.25) is 0 Å². The van der Waals surface area contributed by atoms with Gasteiger partial charge in [0, 0.05) is 7.05 Å². The second kappa shape index (κ2) is 2.33. The Labute approximate surface area is 67.1 Å². The Hall–Kier alpha value is -1.85. The van der Waals surface area contributed by atoms with Gasteiger partial charge in [0.1, 0.15) is 0 Å². The smallest absolute Gasteiger partial charge is 0.278 e. The van der Waals surface area contributed by atoms with Crippen LogP contribution in [-0.2, 0) is 0 Å². The maximum Gasteiger partial charge on any atom is 0.278 e. The zero-order valence-corrected chi connectivity index (χ0v) is 6.30. The summed E-state index contributed by atoms with van der Waals surface area (Å²) in [6.07, 6.45) is 2.44. The molecule has 0 aliphatic carbocycles. The predicted octanol–water partition coefficient (Wildman–Crippen LogP) is -0.512. The van der Waals surface area contributed by atoms with E-state index in [2.05, 4.69) is 31.6 Å². The number of aromatic amines is 2. The molecule has 2 aromatic heterocycles. The number of nitrogens with zero attached hydrogens (tertiary/aromatic N) is 2. The summed E-state index contributed by atoms with van der Waals surface area (Å²) in [5, 5.41) is 2.72. The number of rotatable bonds is 1. The van der Waals surface area contributed by atoms with Crippen LogP contribution in [0.3, 0.4) is 0 Å². The van der Waals surface area contributed by atoms with Gasteiger partial charge in [-0.25, -0.2) is 4.98 Å². The summed E-state index contributed by atoms with van der Waals surface area (Å²) in [5.74, 6) is 0.396. The lowest BCUT2D eigenvalue weighted by Crippen LogP contribution is -2.11. The maximum absolute atomic E-state index is 11.2. The molecule has 0 saturated carbocycles. The topological polar surface area (TPSA) is 86.5 Å². The molecular weight excluding hydrogens is 158 g/mol. The molecule has 0 bridgehead atoms. The monoisotopic (exact) mass is 164 g/mol. The molecule has 1 radical (unpaired) electrons. The molecule has 0 fully saturated rings. The Bertz CT molecular complexity index is 456. The van der Waals surface area contributed by atoms with Crippen molar-refractivity contribution in [2.24, 2.45) is 0 Å². The average Bonchev–Trinajstić information content (AvgIpc) is 2.52. The van der Waals surface area contributed by atoms with Gasteiger partial charge in [-0.3, -0.25) is 9.78 Å².